The molecule has 6 heteroatoms. The van der Waals surface area contributed by atoms with E-state index in [2.05, 4.69) is 4.98 Å². The average molecular weight is 251 g/mol. The molecule has 1 aliphatic heterocycles. The Morgan fingerprint density at radius 2 is 2.28 bits per heavy atom. The van der Waals surface area contributed by atoms with Crippen LogP contribution in [-0.4, -0.2) is 33.7 Å². The molecule has 2 rings (SSSR count). The Bertz CT molecular complexity index is 506. The van der Waals surface area contributed by atoms with Crippen molar-refractivity contribution < 1.29 is 9.90 Å². The maximum absolute atomic E-state index is 12.0. The van der Waals surface area contributed by atoms with Crippen molar-refractivity contribution in [2.24, 2.45) is 11.8 Å². The molecule has 1 aromatic rings. The minimum Gasteiger partial charge on any atom is -0.481 e. The summed E-state index contributed by atoms with van der Waals surface area (Å²) in [5.74, 6) is -0.642. The van der Waals surface area contributed by atoms with Gasteiger partial charge in [0.05, 0.1) is 5.92 Å². The molecular weight excluding hydrogens is 234 g/mol. The van der Waals surface area contributed by atoms with E-state index in [-0.39, 0.29) is 17.4 Å². The Balaban J connectivity index is 2.09. The second kappa shape index (κ2) is 4.80. The molecule has 0 aromatic carbocycles. The van der Waals surface area contributed by atoms with Crippen LogP contribution in [0.2, 0.25) is 0 Å². The van der Waals surface area contributed by atoms with E-state index in [9.17, 15) is 9.59 Å². The molecule has 98 valence electrons. The summed E-state index contributed by atoms with van der Waals surface area (Å²) in [5.41, 5.74) is -0.110. The fourth-order valence-electron chi connectivity index (χ4n) is 2.11. The number of hydrogen-bond acceptors (Lipinski definition) is 4. The Morgan fingerprint density at radius 3 is 2.83 bits per heavy atom. The molecule has 1 aromatic heterocycles. The summed E-state index contributed by atoms with van der Waals surface area (Å²) in [5, 5.41) is 8.91. The lowest BCUT2D eigenvalue weighted by molar-refractivity contribution is -0.143. The molecule has 18 heavy (non-hydrogen) atoms. The highest BCUT2D eigenvalue weighted by Gasteiger charge is 2.36. The van der Waals surface area contributed by atoms with E-state index in [4.69, 9.17) is 5.11 Å². The van der Waals surface area contributed by atoms with Crippen LogP contribution < -0.4 is 10.5 Å². The molecule has 0 spiro atoms. The summed E-state index contributed by atoms with van der Waals surface area (Å²) in [4.78, 5) is 28.8. The summed E-state index contributed by atoms with van der Waals surface area (Å²) < 4.78 is 1.59. The van der Waals surface area contributed by atoms with Crippen molar-refractivity contribution in [2.45, 2.75) is 20.4 Å². The third-order valence-corrected chi connectivity index (χ3v) is 3.54. The van der Waals surface area contributed by atoms with Gasteiger partial charge < -0.3 is 14.6 Å². The van der Waals surface area contributed by atoms with Gasteiger partial charge in [-0.3, -0.25) is 9.59 Å². The molecule has 0 saturated carbocycles. The minimum atomic E-state index is -0.786. The topological polar surface area (TPSA) is 75.4 Å². The molecule has 0 aliphatic carbocycles. The summed E-state index contributed by atoms with van der Waals surface area (Å²) in [6.07, 6.45) is 3.26. The zero-order valence-electron chi connectivity index (χ0n) is 10.5. The first-order valence-corrected chi connectivity index (χ1v) is 6.07. The van der Waals surface area contributed by atoms with E-state index in [1.807, 2.05) is 11.8 Å². The summed E-state index contributed by atoms with van der Waals surface area (Å²) >= 11 is 0. The maximum Gasteiger partial charge on any atom is 0.306 e. The predicted octanol–water partition coefficient (Wildman–Crippen LogP) is 0.420. The smallest absolute Gasteiger partial charge is 0.306 e. The first kappa shape index (κ1) is 12.6. The number of aliphatic carboxylic acids is 1. The predicted molar refractivity (Wildman–Crippen MR) is 66.7 cm³/mol. The van der Waals surface area contributed by atoms with Crippen molar-refractivity contribution in [1.82, 2.24) is 9.55 Å². The van der Waals surface area contributed by atoms with Crippen molar-refractivity contribution in [3.8, 4) is 0 Å². The van der Waals surface area contributed by atoms with Crippen LogP contribution in [0.4, 0.5) is 5.82 Å². The number of carboxylic acids is 1. The SMILES string of the molecule is CCn1ccnc(N2CC(C(C)C(=O)O)C2)c1=O. The quantitative estimate of drug-likeness (QED) is 0.839. The van der Waals surface area contributed by atoms with Crippen LogP contribution in [-0.2, 0) is 11.3 Å². The Morgan fingerprint density at radius 1 is 1.61 bits per heavy atom. The van der Waals surface area contributed by atoms with Crippen molar-refractivity contribution in [1.29, 1.82) is 0 Å². The fraction of sp³-hybridized carbons (Fsp3) is 0.583. The number of carbonyl (C=O) groups is 1. The van der Waals surface area contributed by atoms with Gasteiger partial charge in [0.15, 0.2) is 5.82 Å². The van der Waals surface area contributed by atoms with Crippen molar-refractivity contribution in [2.75, 3.05) is 18.0 Å². The lowest BCUT2D eigenvalue weighted by Gasteiger charge is -2.41. The van der Waals surface area contributed by atoms with Gasteiger partial charge >= 0.3 is 5.97 Å². The minimum absolute atomic E-state index is 0.0963. The third-order valence-electron chi connectivity index (χ3n) is 3.54. The highest BCUT2D eigenvalue weighted by molar-refractivity contribution is 5.70. The second-order valence-electron chi connectivity index (χ2n) is 4.63. The van der Waals surface area contributed by atoms with Gasteiger partial charge in [-0.15, -0.1) is 0 Å². The molecule has 1 fully saturated rings. The van der Waals surface area contributed by atoms with Crippen LogP contribution in [0.5, 0.6) is 0 Å². The molecule has 0 amide bonds. The fourth-order valence-corrected chi connectivity index (χ4v) is 2.11. The summed E-state index contributed by atoms with van der Waals surface area (Å²) in [6, 6.07) is 0. The van der Waals surface area contributed by atoms with Gasteiger partial charge in [-0.05, 0) is 6.92 Å². The molecular formula is C12H17N3O3. The van der Waals surface area contributed by atoms with E-state index >= 15 is 0 Å². The standard InChI is InChI=1S/C12H17N3O3/c1-3-14-5-4-13-10(11(14)16)15-6-9(7-15)8(2)12(17)18/h4-5,8-9H,3,6-7H2,1-2H3,(H,17,18). The van der Waals surface area contributed by atoms with Crippen LogP contribution in [0.3, 0.4) is 0 Å². The number of aryl methyl sites for hydroxylation is 1. The zero-order chi connectivity index (χ0) is 13.3. The van der Waals surface area contributed by atoms with E-state index in [0.717, 1.165) is 0 Å². The number of hydrogen-bond donors (Lipinski definition) is 1. The first-order chi connectivity index (χ1) is 8.54. The van der Waals surface area contributed by atoms with Gasteiger partial charge in [-0.2, -0.15) is 0 Å². The van der Waals surface area contributed by atoms with Gasteiger partial charge in [0.1, 0.15) is 0 Å². The molecule has 1 N–H and O–H groups in total. The van der Waals surface area contributed by atoms with Crippen molar-refractivity contribution in [3.63, 3.8) is 0 Å². The van der Waals surface area contributed by atoms with Gasteiger partial charge in [0, 0.05) is 37.9 Å². The number of aromatic nitrogens is 2. The van der Waals surface area contributed by atoms with E-state index < -0.39 is 5.97 Å². The molecule has 0 radical (unpaired) electrons. The average Bonchev–Trinajstić information content (AvgIpc) is 2.29. The van der Waals surface area contributed by atoms with Gasteiger partial charge in [0.2, 0.25) is 0 Å². The summed E-state index contributed by atoms with van der Waals surface area (Å²) in [7, 11) is 0. The monoisotopic (exact) mass is 251 g/mol. The van der Waals surface area contributed by atoms with Gasteiger partial charge in [0.25, 0.3) is 5.56 Å². The second-order valence-corrected chi connectivity index (χ2v) is 4.63. The molecule has 1 saturated heterocycles. The van der Waals surface area contributed by atoms with E-state index in [0.29, 0.717) is 25.5 Å². The molecule has 1 atom stereocenters. The largest absolute Gasteiger partial charge is 0.481 e. The third kappa shape index (κ3) is 2.10. The maximum atomic E-state index is 12.0. The number of nitrogens with zero attached hydrogens (tertiary/aromatic N) is 3. The van der Waals surface area contributed by atoms with Crippen LogP contribution in [0, 0.1) is 11.8 Å². The lowest BCUT2D eigenvalue weighted by Crippen LogP contribution is -2.53. The van der Waals surface area contributed by atoms with Gasteiger partial charge in [-0.25, -0.2) is 4.98 Å². The number of rotatable bonds is 4. The van der Waals surface area contributed by atoms with E-state index in [1.165, 1.54) is 0 Å². The Kier molecular flexibility index (Phi) is 3.36. The highest BCUT2D eigenvalue weighted by atomic mass is 16.4. The van der Waals surface area contributed by atoms with Crippen LogP contribution >= 0.6 is 0 Å². The van der Waals surface area contributed by atoms with Crippen molar-refractivity contribution >= 4 is 11.8 Å². The van der Waals surface area contributed by atoms with Crippen LogP contribution in [0.15, 0.2) is 17.2 Å². The molecule has 6 nitrogen and oxygen atoms in total. The zero-order valence-corrected chi connectivity index (χ0v) is 10.5. The highest BCUT2D eigenvalue weighted by Crippen LogP contribution is 2.26. The molecule has 0 bridgehead atoms. The Hall–Kier alpha value is -1.85. The van der Waals surface area contributed by atoms with E-state index in [1.54, 1.807) is 23.9 Å². The first-order valence-electron chi connectivity index (χ1n) is 6.07. The van der Waals surface area contributed by atoms with Crippen molar-refractivity contribution in [3.05, 3.63) is 22.7 Å². The lowest BCUT2D eigenvalue weighted by atomic mass is 9.87. The number of anilines is 1. The summed E-state index contributed by atoms with van der Waals surface area (Å²) in [6.45, 7) is 5.38. The normalized spacial score (nSPS) is 17.3. The number of carboxylic acid groups (broad SMARTS) is 1. The van der Waals surface area contributed by atoms with Crippen LogP contribution in [0.1, 0.15) is 13.8 Å². The van der Waals surface area contributed by atoms with Crippen LogP contribution in [0.25, 0.3) is 0 Å². The van der Waals surface area contributed by atoms with Gasteiger partial charge in [-0.1, -0.05) is 6.92 Å². The Labute approximate surface area is 105 Å². The molecule has 1 aliphatic rings. The molecule has 2 heterocycles. The molecule has 1 unspecified atom stereocenters.